The van der Waals surface area contributed by atoms with E-state index in [0.717, 1.165) is 63.5 Å². The second-order valence-electron chi connectivity index (χ2n) is 8.36. The summed E-state index contributed by atoms with van der Waals surface area (Å²) in [5.41, 5.74) is 7.84. The highest BCUT2D eigenvalue weighted by atomic mass is 16.5. The first-order chi connectivity index (χ1) is 16.0. The molecule has 2 N–H and O–H groups in total. The molecule has 4 aromatic rings. The maximum Gasteiger partial charge on any atom is 0.187 e. The Bertz CT molecular complexity index is 1390. The molecule has 7 nitrogen and oxygen atoms in total. The van der Waals surface area contributed by atoms with Crippen molar-refractivity contribution in [3.05, 3.63) is 64.6 Å². The van der Waals surface area contributed by atoms with Crippen LogP contribution in [-0.4, -0.2) is 52.3 Å². The van der Waals surface area contributed by atoms with E-state index in [1.807, 2.05) is 32.0 Å². The Kier molecular flexibility index (Phi) is 5.45. The average Bonchev–Trinajstić information content (AvgIpc) is 3.42. The van der Waals surface area contributed by atoms with Gasteiger partial charge in [0.15, 0.2) is 5.78 Å². The standard InChI is InChI=1S/C26H25N5O2/c1-4-19-5-6-20(14-23(19)31-7-9-33-10-8-31)22-13-21-11-18(15-27-26(21)28-22)12-24(32)25-16(2)17(3)29-30-25/h1,5-6,11,13-15H,7-10,12H2,2-3H3,(H,27,28)(H,29,30). The fourth-order valence-electron chi connectivity index (χ4n) is 4.23. The molecule has 1 aliphatic rings. The number of ketones is 1. The molecule has 5 rings (SSSR count). The molecule has 1 saturated heterocycles. The molecule has 0 unspecified atom stereocenters. The molecule has 0 bridgehead atoms. The van der Waals surface area contributed by atoms with E-state index in [9.17, 15) is 4.79 Å². The third-order valence-electron chi connectivity index (χ3n) is 6.22. The number of Topliss-reactive ketones (excluding diaryl/α,β-unsaturated/α-hetero) is 1. The predicted octanol–water partition coefficient (Wildman–Crippen LogP) is 3.81. The van der Waals surface area contributed by atoms with Crippen LogP contribution in [0.3, 0.4) is 0 Å². The predicted molar refractivity (Wildman–Crippen MR) is 129 cm³/mol. The number of hydrogen-bond acceptors (Lipinski definition) is 5. The smallest absolute Gasteiger partial charge is 0.187 e. The van der Waals surface area contributed by atoms with Crippen LogP contribution in [0.15, 0.2) is 36.5 Å². The highest BCUT2D eigenvalue weighted by Crippen LogP contribution is 2.30. The molecule has 1 aliphatic heterocycles. The zero-order valence-corrected chi connectivity index (χ0v) is 18.7. The van der Waals surface area contributed by atoms with Gasteiger partial charge in [0.1, 0.15) is 11.3 Å². The summed E-state index contributed by atoms with van der Waals surface area (Å²) < 4.78 is 5.49. The fraction of sp³-hybridized carbons (Fsp3) is 0.269. The molecule has 0 saturated carbocycles. The molecule has 0 atom stereocenters. The minimum atomic E-state index is -0.0196. The van der Waals surface area contributed by atoms with Crippen molar-refractivity contribution in [2.75, 3.05) is 31.2 Å². The van der Waals surface area contributed by atoms with E-state index < -0.39 is 0 Å². The van der Waals surface area contributed by atoms with E-state index in [4.69, 9.17) is 11.2 Å². The molecule has 166 valence electrons. The number of benzene rings is 1. The van der Waals surface area contributed by atoms with Gasteiger partial charge in [0.25, 0.3) is 0 Å². The number of ether oxygens (including phenoxy) is 1. The zero-order chi connectivity index (χ0) is 22.9. The van der Waals surface area contributed by atoms with Crippen molar-refractivity contribution in [1.29, 1.82) is 0 Å². The van der Waals surface area contributed by atoms with Crippen LogP contribution >= 0.6 is 0 Å². The van der Waals surface area contributed by atoms with Gasteiger partial charge in [-0.25, -0.2) is 4.98 Å². The Labute approximate surface area is 192 Å². The van der Waals surface area contributed by atoms with Crippen molar-refractivity contribution < 1.29 is 9.53 Å². The Morgan fingerprint density at radius 2 is 2.03 bits per heavy atom. The van der Waals surface area contributed by atoms with Crippen LogP contribution < -0.4 is 4.90 Å². The lowest BCUT2D eigenvalue weighted by molar-refractivity contribution is 0.0987. The number of carbonyl (C=O) groups is 1. The molecule has 33 heavy (non-hydrogen) atoms. The minimum absolute atomic E-state index is 0.0196. The Balaban J connectivity index is 1.43. The number of nitrogens with one attached hydrogen (secondary N) is 2. The van der Waals surface area contributed by atoms with Crippen LogP contribution in [0, 0.1) is 26.2 Å². The maximum absolute atomic E-state index is 12.7. The number of nitrogens with zero attached hydrogens (tertiary/aromatic N) is 3. The molecule has 4 heterocycles. The summed E-state index contributed by atoms with van der Waals surface area (Å²) in [6.07, 6.45) is 7.76. The van der Waals surface area contributed by atoms with Gasteiger partial charge in [0.2, 0.25) is 0 Å². The number of terminal acetylenes is 1. The average molecular weight is 440 g/mol. The van der Waals surface area contributed by atoms with Gasteiger partial charge < -0.3 is 14.6 Å². The van der Waals surface area contributed by atoms with Crippen LogP contribution in [0.5, 0.6) is 0 Å². The van der Waals surface area contributed by atoms with Gasteiger partial charge >= 0.3 is 0 Å². The van der Waals surface area contributed by atoms with E-state index in [0.29, 0.717) is 18.9 Å². The first kappa shape index (κ1) is 21.0. The summed E-state index contributed by atoms with van der Waals surface area (Å²) in [5, 5.41) is 7.99. The van der Waals surface area contributed by atoms with Crippen molar-refractivity contribution in [3.63, 3.8) is 0 Å². The van der Waals surface area contributed by atoms with Crippen molar-refractivity contribution >= 4 is 22.5 Å². The maximum atomic E-state index is 12.7. The van der Waals surface area contributed by atoms with Crippen LogP contribution in [0.1, 0.15) is 32.9 Å². The largest absolute Gasteiger partial charge is 0.378 e. The molecule has 7 heteroatoms. The number of rotatable bonds is 5. The van der Waals surface area contributed by atoms with Gasteiger partial charge in [-0.1, -0.05) is 12.0 Å². The Morgan fingerprint density at radius 1 is 1.21 bits per heavy atom. The number of H-pyrrole nitrogens is 2. The Hall–Kier alpha value is -3.89. The number of hydrogen-bond donors (Lipinski definition) is 2. The molecule has 0 amide bonds. The SMILES string of the molecule is C#Cc1ccc(-c2cc3cc(CC(=O)c4n[nH]c(C)c4C)cnc3[nH]2)cc1N1CCOCC1. The summed E-state index contributed by atoms with van der Waals surface area (Å²) in [5.74, 6) is 2.78. The van der Waals surface area contributed by atoms with Crippen molar-refractivity contribution in [3.8, 4) is 23.6 Å². The van der Waals surface area contributed by atoms with Crippen molar-refractivity contribution in [2.45, 2.75) is 20.3 Å². The third-order valence-corrected chi connectivity index (χ3v) is 6.22. The molecule has 0 radical (unpaired) electrons. The number of anilines is 1. The molecule has 1 fully saturated rings. The minimum Gasteiger partial charge on any atom is -0.378 e. The lowest BCUT2D eigenvalue weighted by Crippen LogP contribution is -2.36. The second kappa shape index (κ2) is 8.57. The van der Waals surface area contributed by atoms with Crippen molar-refractivity contribution in [1.82, 2.24) is 20.2 Å². The second-order valence-corrected chi connectivity index (χ2v) is 8.36. The molecular weight excluding hydrogens is 414 g/mol. The molecule has 1 aromatic carbocycles. The first-order valence-electron chi connectivity index (χ1n) is 11.0. The van der Waals surface area contributed by atoms with E-state index in [1.165, 1.54) is 0 Å². The normalized spacial score (nSPS) is 13.9. The Morgan fingerprint density at radius 3 is 2.76 bits per heavy atom. The molecular formula is C26H25N5O2. The number of fused-ring (bicyclic) bond motifs is 1. The zero-order valence-electron chi connectivity index (χ0n) is 18.7. The lowest BCUT2D eigenvalue weighted by Gasteiger charge is -2.30. The first-order valence-corrected chi connectivity index (χ1v) is 11.0. The summed E-state index contributed by atoms with van der Waals surface area (Å²) in [7, 11) is 0. The lowest BCUT2D eigenvalue weighted by atomic mass is 10.0. The molecule has 0 aliphatic carbocycles. The van der Waals surface area contributed by atoms with Crippen LogP contribution in [0.4, 0.5) is 5.69 Å². The quantitative estimate of drug-likeness (QED) is 0.365. The van der Waals surface area contributed by atoms with Gasteiger partial charge in [-0.15, -0.1) is 6.42 Å². The highest BCUT2D eigenvalue weighted by molar-refractivity contribution is 5.97. The number of carbonyl (C=O) groups excluding carboxylic acids is 1. The van der Waals surface area contributed by atoms with Crippen LogP contribution in [0.2, 0.25) is 0 Å². The van der Waals surface area contributed by atoms with Gasteiger partial charge in [-0.2, -0.15) is 5.10 Å². The highest BCUT2D eigenvalue weighted by Gasteiger charge is 2.17. The van der Waals surface area contributed by atoms with Gasteiger partial charge in [0.05, 0.1) is 18.9 Å². The third kappa shape index (κ3) is 4.01. The molecule has 3 aromatic heterocycles. The summed E-state index contributed by atoms with van der Waals surface area (Å²) in [6.45, 7) is 6.85. The fourth-order valence-corrected chi connectivity index (χ4v) is 4.23. The van der Waals surface area contributed by atoms with E-state index in [1.54, 1.807) is 6.20 Å². The monoisotopic (exact) mass is 439 g/mol. The van der Waals surface area contributed by atoms with Gasteiger partial charge in [-0.05, 0) is 43.7 Å². The number of aryl methyl sites for hydroxylation is 1. The van der Waals surface area contributed by atoms with Gasteiger partial charge in [0, 0.05) is 59.2 Å². The number of aromatic amines is 2. The summed E-state index contributed by atoms with van der Waals surface area (Å²) in [4.78, 5) is 22.9. The number of morpholine rings is 1. The van der Waals surface area contributed by atoms with E-state index >= 15 is 0 Å². The summed E-state index contributed by atoms with van der Waals surface area (Å²) in [6, 6.07) is 10.2. The van der Waals surface area contributed by atoms with Crippen LogP contribution in [0.25, 0.3) is 22.3 Å². The van der Waals surface area contributed by atoms with Gasteiger partial charge in [-0.3, -0.25) is 9.89 Å². The molecule has 0 spiro atoms. The van der Waals surface area contributed by atoms with E-state index in [-0.39, 0.29) is 12.2 Å². The summed E-state index contributed by atoms with van der Waals surface area (Å²) >= 11 is 0. The van der Waals surface area contributed by atoms with Crippen molar-refractivity contribution in [2.24, 2.45) is 0 Å². The number of aromatic nitrogens is 4. The van der Waals surface area contributed by atoms with E-state index in [2.05, 4.69) is 43.1 Å². The number of pyridine rings is 1. The topological polar surface area (TPSA) is 86.9 Å². The van der Waals surface area contributed by atoms with Crippen LogP contribution in [-0.2, 0) is 11.2 Å².